The monoisotopic (exact) mass is 545 g/mol. The Hall–Kier alpha value is -3.45. The maximum atomic E-state index is 13.3. The molecule has 2 N–H and O–H groups in total. The quantitative estimate of drug-likeness (QED) is 0.349. The first kappa shape index (κ1) is 24.9. The third kappa shape index (κ3) is 4.33. The van der Waals surface area contributed by atoms with E-state index in [4.69, 9.17) is 28.2 Å². The molecule has 1 saturated carbocycles. The van der Waals surface area contributed by atoms with Crippen LogP contribution in [-0.2, 0) is 23.2 Å². The number of H-pyrrole nitrogens is 1. The highest BCUT2D eigenvalue weighted by molar-refractivity contribution is 6.43. The third-order valence-corrected chi connectivity index (χ3v) is 8.43. The number of halogens is 2. The zero-order valence-corrected chi connectivity index (χ0v) is 22.0. The van der Waals surface area contributed by atoms with Crippen LogP contribution in [0.2, 0.25) is 10.0 Å². The molecule has 1 aliphatic carbocycles. The molecule has 8 heteroatoms. The van der Waals surface area contributed by atoms with Crippen LogP contribution in [0.25, 0.3) is 11.1 Å². The minimum absolute atomic E-state index is 0.103. The lowest BCUT2D eigenvalue weighted by Gasteiger charge is -2.30. The highest BCUT2D eigenvalue weighted by atomic mass is 35.5. The molecular weight excluding hydrogens is 521 g/mol. The van der Waals surface area contributed by atoms with E-state index in [9.17, 15) is 14.7 Å². The molecule has 1 aliphatic heterocycles. The van der Waals surface area contributed by atoms with Crippen molar-refractivity contribution in [2.75, 3.05) is 6.54 Å². The normalized spacial score (nSPS) is 16.6. The number of rotatable bonds is 5. The Kier molecular flexibility index (Phi) is 6.34. The lowest BCUT2D eigenvalue weighted by molar-refractivity contribution is -0.141. The summed E-state index contributed by atoms with van der Waals surface area (Å²) in [5.74, 6) is 0.236. The lowest BCUT2D eigenvalue weighted by Crippen LogP contribution is -2.42. The summed E-state index contributed by atoms with van der Waals surface area (Å²) in [6.07, 6.45) is 0.950. The minimum Gasteiger partial charge on any atom is -0.378 e. The first-order valence-electron chi connectivity index (χ1n) is 12.6. The molecular formula is C30H25Cl2N3O3. The first-order valence-corrected chi connectivity index (χ1v) is 13.3. The highest BCUT2D eigenvalue weighted by Crippen LogP contribution is 2.52. The molecule has 1 fully saturated rings. The number of nitrogens with zero attached hydrogens (tertiary/aromatic N) is 2. The molecule has 1 atom stereocenters. The molecule has 0 saturated heterocycles. The fourth-order valence-electron chi connectivity index (χ4n) is 5.30. The number of benzene rings is 3. The fraction of sp³-hybridized carbons (Fsp3) is 0.233. The predicted octanol–water partition coefficient (Wildman–Crippen LogP) is 5.44. The summed E-state index contributed by atoms with van der Waals surface area (Å²) in [4.78, 5) is 35.8. The third-order valence-electron chi connectivity index (χ3n) is 7.61. The van der Waals surface area contributed by atoms with Gasteiger partial charge in [-0.05, 0) is 41.7 Å². The zero-order chi connectivity index (χ0) is 26.4. The Bertz CT molecular complexity index is 1600. The van der Waals surface area contributed by atoms with Gasteiger partial charge in [-0.15, -0.1) is 0 Å². The van der Waals surface area contributed by atoms with Crippen molar-refractivity contribution in [1.29, 1.82) is 0 Å². The summed E-state index contributed by atoms with van der Waals surface area (Å²) >= 11 is 12.5. The van der Waals surface area contributed by atoms with Crippen molar-refractivity contribution in [2.45, 2.75) is 37.3 Å². The first-order chi connectivity index (χ1) is 18.4. The molecule has 2 heterocycles. The number of amides is 1. The number of carbonyl (C=O) groups is 1. The Morgan fingerprint density at radius 3 is 2.55 bits per heavy atom. The van der Waals surface area contributed by atoms with Gasteiger partial charge in [0.1, 0.15) is 5.82 Å². The van der Waals surface area contributed by atoms with Crippen LogP contribution in [0.1, 0.15) is 47.2 Å². The topological polar surface area (TPSA) is 86.3 Å². The van der Waals surface area contributed by atoms with Crippen LogP contribution in [0, 0.1) is 0 Å². The van der Waals surface area contributed by atoms with Gasteiger partial charge in [0.2, 0.25) is 0 Å². The van der Waals surface area contributed by atoms with E-state index >= 15 is 0 Å². The Morgan fingerprint density at radius 1 is 1.03 bits per heavy atom. The molecule has 38 heavy (non-hydrogen) atoms. The number of aliphatic hydroxyl groups excluding tert-OH is 1. The molecule has 1 aromatic heterocycles. The molecule has 0 radical (unpaired) electrons. The van der Waals surface area contributed by atoms with E-state index in [1.165, 1.54) is 4.90 Å². The number of hydrogen-bond acceptors (Lipinski definition) is 4. The average Bonchev–Trinajstić information content (AvgIpc) is 3.76. The van der Waals surface area contributed by atoms with Crippen LogP contribution in [0.4, 0.5) is 0 Å². The Labute approximate surface area is 229 Å². The molecule has 3 aromatic carbocycles. The van der Waals surface area contributed by atoms with Gasteiger partial charge in [-0.3, -0.25) is 9.59 Å². The zero-order valence-electron chi connectivity index (χ0n) is 20.5. The van der Waals surface area contributed by atoms with Crippen LogP contribution >= 0.6 is 23.2 Å². The predicted molar refractivity (Wildman–Crippen MR) is 147 cm³/mol. The van der Waals surface area contributed by atoms with E-state index in [1.807, 2.05) is 30.3 Å². The number of hydrogen-bond donors (Lipinski definition) is 2. The van der Waals surface area contributed by atoms with Crippen molar-refractivity contribution in [2.24, 2.45) is 0 Å². The Balaban J connectivity index is 1.23. The number of nitrogens with one attached hydrogen (secondary N) is 1. The SMILES string of the molecule is O=C([C@H](O)c1cccc(-c2cccc(Cl)c2Cl)c1)N1CCc2nc(C3(c4ccccc4)CC3)[nH]c(=O)c2C1. The molecule has 4 aromatic rings. The van der Waals surface area contributed by atoms with Gasteiger partial charge in [-0.2, -0.15) is 0 Å². The van der Waals surface area contributed by atoms with Crippen molar-refractivity contribution in [3.63, 3.8) is 0 Å². The molecule has 0 unspecified atom stereocenters. The van der Waals surface area contributed by atoms with Crippen LogP contribution < -0.4 is 5.56 Å². The van der Waals surface area contributed by atoms with Crippen LogP contribution in [0.15, 0.2) is 77.6 Å². The van der Waals surface area contributed by atoms with Gasteiger partial charge >= 0.3 is 0 Å². The van der Waals surface area contributed by atoms with E-state index < -0.39 is 12.0 Å². The second-order valence-corrected chi connectivity index (χ2v) is 10.7. The summed E-state index contributed by atoms with van der Waals surface area (Å²) in [6.45, 7) is 0.475. The summed E-state index contributed by atoms with van der Waals surface area (Å²) in [5, 5.41) is 11.8. The summed E-state index contributed by atoms with van der Waals surface area (Å²) in [7, 11) is 0. The fourth-order valence-corrected chi connectivity index (χ4v) is 5.71. The number of fused-ring (bicyclic) bond motifs is 1. The number of carbonyl (C=O) groups excluding carboxylic acids is 1. The second-order valence-electron chi connectivity index (χ2n) is 9.93. The van der Waals surface area contributed by atoms with Gasteiger partial charge in [0.15, 0.2) is 6.10 Å². The summed E-state index contributed by atoms with van der Waals surface area (Å²) < 4.78 is 0. The van der Waals surface area contributed by atoms with Gasteiger partial charge in [0.25, 0.3) is 11.5 Å². The number of aromatic nitrogens is 2. The van der Waals surface area contributed by atoms with E-state index in [0.29, 0.717) is 45.5 Å². The molecule has 1 amide bonds. The van der Waals surface area contributed by atoms with Gasteiger partial charge < -0.3 is 15.0 Å². The largest absolute Gasteiger partial charge is 0.378 e. The van der Waals surface area contributed by atoms with E-state index in [2.05, 4.69) is 17.1 Å². The van der Waals surface area contributed by atoms with E-state index in [1.54, 1.807) is 30.3 Å². The maximum Gasteiger partial charge on any atom is 0.256 e. The molecule has 0 spiro atoms. The van der Waals surface area contributed by atoms with Gasteiger partial charge in [-0.25, -0.2) is 4.98 Å². The van der Waals surface area contributed by atoms with Gasteiger partial charge in [0, 0.05) is 18.5 Å². The molecule has 192 valence electrons. The maximum absolute atomic E-state index is 13.3. The van der Waals surface area contributed by atoms with E-state index in [0.717, 1.165) is 29.7 Å². The van der Waals surface area contributed by atoms with E-state index in [-0.39, 0.29) is 17.5 Å². The molecule has 6 rings (SSSR count). The van der Waals surface area contributed by atoms with Crippen molar-refractivity contribution in [3.8, 4) is 11.1 Å². The number of aliphatic hydroxyl groups is 1. The van der Waals surface area contributed by atoms with Crippen molar-refractivity contribution in [1.82, 2.24) is 14.9 Å². The standard InChI is InChI=1S/C30H25Cl2N3O3/c31-23-11-5-10-21(25(23)32)18-6-4-7-19(16-18)26(36)28(38)35-15-12-24-22(17-35)27(37)34-29(33-24)30(13-14-30)20-8-2-1-3-9-20/h1-11,16,26,36H,12-15,17H2,(H,33,34,37)/t26-/m1/s1. The van der Waals surface area contributed by atoms with Crippen molar-refractivity contribution < 1.29 is 9.90 Å². The Morgan fingerprint density at radius 2 is 1.79 bits per heavy atom. The van der Waals surface area contributed by atoms with Crippen LogP contribution in [0.3, 0.4) is 0 Å². The highest BCUT2D eigenvalue weighted by Gasteiger charge is 2.48. The second kappa shape index (κ2) is 9.70. The molecule has 2 aliphatic rings. The summed E-state index contributed by atoms with van der Waals surface area (Å²) in [6, 6.07) is 22.5. The van der Waals surface area contributed by atoms with Gasteiger partial charge in [0.05, 0.1) is 33.3 Å². The molecule has 0 bridgehead atoms. The smallest absolute Gasteiger partial charge is 0.256 e. The lowest BCUT2D eigenvalue weighted by atomic mass is 9.94. The van der Waals surface area contributed by atoms with Crippen molar-refractivity contribution in [3.05, 3.63) is 121 Å². The minimum atomic E-state index is -1.38. The molecule has 6 nitrogen and oxygen atoms in total. The number of aromatic amines is 1. The van der Waals surface area contributed by atoms with Crippen LogP contribution in [0.5, 0.6) is 0 Å². The average molecular weight is 546 g/mol. The van der Waals surface area contributed by atoms with Crippen molar-refractivity contribution >= 4 is 29.1 Å². The summed E-state index contributed by atoms with van der Waals surface area (Å²) in [5.41, 5.74) is 3.78. The van der Waals surface area contributed by atoms with Crippen LogP contribution in [-0.4, -0.2) is 32.4 Å². The van der Waals surface area contributed by atoms with Gasteiger partial charge in [-0.1, -0.05) is 83.9 Å².